The number of sulfonamides is 1. The summed E-state index contributed by atoms with van der Waals surface area (Å²) in [6.45, 7) is 0. The van der Waals surface area contributed by atoms with Gasteiger partial charge in [-0.1, -0.05) is 11.6 Å². The Morgan fingerprint density at radius 2 is 2.00 bits per heavy atom. The predicted octanol–water partition coefficient (Wildman–Crippen LogP) is 2.32. The molecule has 0 saturated carbocycles. The van der Waals surface area contributed by atoms with Gasteiger partial charge in [0, 0.05) is 17.6 Å². The van der Waals surface area contributed by atoms with Crippen molar-refractivity contribution in [1.82, 2.24) is 5.43 Å². The van der Waals surface area contributed by atoms with Crippen LogP contribution in [0.3, 0.4) is 0 Å². The SMILES string of the molecule is CN1c2ccsc2/C(=N\NC(=O)c2ccc(Cl)cc2)CS1(=O)=O. The van der Waals surface area contributed by atoms with Crippen LogP contribution in [0.15, 0.2) is 40.8 Å². The lowest BCUT2D eigenvalue weighted by Gasteiger charge is -2.25. The van der Waals surface area contributed by atoms with Crippen LogP contribution in [0.2, 0.25) is 5.02 Å². The molecule has 0 atom stereocenters. The highest BCUT2D eigenvalue weighted by molar-refractivity contribution is 7.93. The van der Waals surface area contributed by atoms with Crippen LogP contribution in [0, 0.1) is 0 Å². The Bertz CT molecular complexity index is 888. The van der Waals surface area contributed by atoms with Gasteiger partial charge >= 0.3 is 0 Å². The summed E-state index contributed by atoms with van der Waals surface area (Å²) in [5.74, 6) is -0.679. The number of hydrazone groups is 1. The van der Waals surface area contributed by atoms with E-state index in [0.29, 0.717) is 22.0 Å². The number of hydrogen-bond acceptors (Lipinski definition) is 5. The van der Waals surface area contributed by atoms with E-state index < -0.39 is 15.9 Å². The third-order valence-corrected chi connectivity index (χ3v) is 6.26. The van der Waals surface area contributed by atoms with Crippen LogP contribution in [-0.4, -0.2) is 32.8 Å². The van der Waals surface area contributed by atoms with Gasteiger partial charge in [-0.05, 0) is 35.7 Å². The normalized spacial score (nSPS) is 17.8. The highest BCUT2D eigenvalue weighted by Crippen LogP contribution is 2.32. The van der Waals surface area contributed by atoms with E-state index in [-0.39, 0.29) is 5.75 Å². The minimum absolute atomic E-state index is 0.252. The van der Waals surface area contributed by atoms with Crippen LogP contribution < -0.4 is 9.73 Å². The van der Waals surface area contributed by atoms with E-state index in [1.165, 1.54) is 22.7 Å². The maximum Gasteiger partial charge on any atom is 0.271 e. The van der Waals surface area contributed by atoms with Crippen molar-refractivity contribution in [2.75, 3.05) is 17.1 Å². The number of hydrogen-bond donors (Lipinski definition) is 1. The second kappa shape index (κ2) is 5.95. The Hall–Kier alpha value is -1.90. The van der Waals surface area contributed by atoms with Crippen molar-refractivity contribution < 1.29 is 13.2 Å². The average molecular weight is 370 g/mol. The topological polar surface area (TPSA) is 78.8 Å². The van der Waals surface area contributed by atoms with Crippen LogP contribution in [-0.2, 0) is 10.0 Å². The van der Waals surface area contributed by atoms with E-state index in [1.54, 1.807) is 35.7 Å². The number of thiophene rings is 1. The monoisotopic (exact) mass is 369 g/mol. The van der Waals surface area contributed by atoms with E-state index in [4.69, 9.17) is 11.6 Å². The van der Waals surface area contributed by atoms with Gasteiger partial charge in [-0.2, -0.15) is 5.10 Å². The van der Waals surface area contributed by atoms with Crippen LogP contribution in [0.5, 0.6) is 0 Å². The summed E-state index contributed by atoms with van der Waals surface area (Å²) in [5.41, 5.74) is 3.69. The maximum atomic E-state index is 12.1. The molecular formula is C14H12ClN3O3S2. The molecule has 0 radical (unpaired) electrons. The molecule has 1 aliphatic heterocycles. The molecule has 1 aliphatic rings. The Morgan fingerprint density at radius 1 is 1.30 bits per heavy atom. The molecule has 1 aromatic carbocycles. The largest absolute Gasteiger partial charge is 0.271 e. The third kappa shape index (κ3) is 3.10. The summed E-state index contributed by atoms with van der Waals surface area (Å²) < 4.78 is 25.5. The van der Waals surface area contributed by atoms with Crippen molar-refractivity contribution in [2.24, 2.45) is 5.10 Å². The molecule has 3 rings (SSSR count). The number of nitrogens with zero attached hydrogens (tertiary/aromatic N) is 2. The number of nitrogens with one attached hydrogen (secondary N) is 1. The van der Waals surface area contributed by atoms with Crippen LogP contribution >= 0.6 is 22.9 Å². The third-order valence-electron chi connectivity index (χ3n) is 3.38. The number of anilines is 1. The van der Waals surface area contributed by atoms with Gasteiger partial charge in [-0.25, -0.2) is 13.8 Å². The van der Waals surface area contributed by atoms with E-state index in [9.17, 15) is 13.2 Å². The second-order valence-electron chi connectivity index (χ2n) is 4.87. The molecule has 0 fully saturated rings. The molecule has 9 heteroatoms. The second-order valence-corrected chi connectivity index (χ2v) is 8.22. The minimum Gasteiger partial charge on any atom is -0.271 e. The predicted molar refractivity (Wildman–Crippen MR) is 92.0 cm³/mol. The summed E-state index contributed by atoms with van der Waals surface area (Å²) in [6, 6.07) is 8.05. The molecule has 1 aromatic heterocycles. The first-order valence-electron chi connectivity index (χ1n) is 6.55. The Balaban J connectivity index is 1.87. The maximum absolute atomic E-state index is 12.1. The smallest absolute Gasteiger partial charge is 0.271 e. The van der Waals surface area contributed by atoms with Crippen molar-refractivity contribution in [1.29, 1.82) is 0 Å². The molecule has 0 bridgehead atoms. The van der Waals surface area contributed by atoms with Crippen molar-refractivity contribution in [3.63, 3.8) is 0 Å². The number of rotatable bonds is 2. The van der Waals surface area contributed by atoms with Gasteiger partial charge in [0.15, 0.2) is 0 Å². The van der Waals surface area contributed by atoms with E-state index >= 15 is 0 Å². The fourth-order valence-corrected chi connectivity index (χ4v) is 4.51. The number of halogens is 1. The van der Waals surface area contributed by atoms with Crippen LogP contribution in [0.25, 0.3) is 0 Å². The van der Waals surface area contributed by atoms with Gasteiger partial charge in [-0.15, -0.1) is 11.3 Å². The van der Waals surface area contributed by atoms with Crippen molar-refractivity contribution >= 4 is 50.3 Å². The Morgan fingerprint density at radius 3 is 2.70 bits per heavy atom. The molecule has 2 aromatic rings. The molecule has 1 N–H and O–H groups in total. The zero-order valence-corrected chi connectivity index (χ0v) is 14.4. The number of carbonyl (C=O) groups excluding carboxylic acids is 1. The molecule has 0 unspecified atom stereocenters. The fourth-order valence-electron chi connectivity index (χ4n) is 2.12. The van der Waals surface area contributed by atoms with Gasteiger partial charge in [0.25, 0.3) is 5.91 Å². The summed E-state index contributed by atoms with van der Waals surface area (Å²) in [6.07, 6.45) is 0. The van der Waals surface area contributed by atoms with Gasteiger partial charge in [0.1, 0.15) is 5.75 Å². The highest BCUT2D eigenvalue weighted by Gasteiger charge is 2.32. The first-order valence-corrected chi connectivity index (χ1v) is 9.42. The lowest BCUT2D eigenvalue weighted by atomic mass is 10.2. The summed E-state index contributed by atoms with van der Waals surface area (Å²) >= 11 is 7.16. The average Bonchev–Trinajstić information content (AvgIpc) is 2.99. The van der Waals surface area contributed by atoms with Crippen LogP contribution in [0.4, 0.5) is 5.69 Å². The van der Waals surface area contributed by atoms with Crippen molar-refractivity contribution in [2.45, 2.75) is 0 Å². The van der Waals surface area contributed by atoms with E-state index in [1.807, 2.05) is 0 Å². The van der Waals surface area contributed by atoms with Gasteiger partial charge in [0.2, 0.25) is 10.0 Å². The molecule has 1 amide bonds. The standard InChI is InChI=1S/C14H12ClN3O3S2/c1-18-12-6-7-22-13(12)11(8-23(18,20)21)16-17-14(19)9-2-4-10(15)5-3-9/h2-7H,8H2,1H3,(H,17,19)/b16-11-. The highest BCUT2D eigenvalue weighted by atomic mass is 35.5. The van der Waals surface area contributed by atoms with Crippen molar-refractivity contribution in [3.8, 4) is 0 Å². The number of carbonyl (C=O) groups is 1. The lowest BCUT2D eigenvalue weighted by molar-refractivity contribution is 0.0955. The Labute approximate surface area is 142 Å². The molecule has 23 heavy (non-hydrogen) atoms. The number of benzene rings is 1. The fraction of sp³-hybridized carbons (Fsp3) is 0.143. The molecule has 2 heterocycles. The first-order chi connectivity index (χ1) is 10.9. The van der Waals surface area contributed by atoms with Crippen molar-refractivity contribution in [3.05, 3.63) is 51.2 Å². The molecule has 0 saturated heterocycles. The Kier molecular flexibility index (Phi) is 4.13. The molecule has 6 nitrogen and oxygen atoms in total. The number of fused-ring (bicyclic) bond motifs is 1. The van der Waals surface area contributed by atoms with Gasteiger partial charge < -0.3 is 0 Å². The molecular weight excluding hydrogens is 358 g/mol. The van der Waals surface area contributed by atoms with Gasteiger partial charge in [0.05, 0.1) is 16.3 Å². The first kappa shape index (κ1) is 16.0. The van der Waals surface area contributed by atoms with Gasteiger partial charge in [-0.3, -0.25) is 9.10 Å². The summed E-state index contributed by atoms with van der Waals surface area (Å²) in [5, 5.41) is 6.33. The van der Waals surface area contributed by atoms with E-state index in [0.717, 1.165) is 4.88 Å². The minimum atomic E-state index is -3.47. The zero-order valence-electron chi connectivity index (χ0n) is 12.0. The van der Waals surface area contributed by atoms with E-state index in [2.05, 4.69) is 10.5 Å². The summed E-state index contributed by atoms with van der Waals surface area (Å²) in [4.78, 5) is 12.8. The summed E-state index contributed by atoms with van der Waals surface area (Å²) in [7, 11) is -1.97. The quantitative estimate of drug-likeness (QED) is 0.825. The molecule has 0 spiro atoms. The number of amides is 1. The lowest BCUT2D eigenvalue weighted by Crippen LogP contribution is -2.38. The van der Waals surface area contributed by atoms with Crippen LogP contribution in [0.1, 0.15) is 15.2 Å². The zero-order chi connectivity index (χ0) is 16.6. The molecule has 120 valence electrons. The molecule has 0 aliphatic carbocycles.